The van der Waals surface area contributed by atoms with Crippen LogP contribution in [0.15, 0.2) is 29.3 Å². The maximum Gasteiger partial charge on any atom is 0.193 e. The molecule has 0 amide bonds. The fraction of sp³-hybridized carbons (Fsp3) is 0.632. The van der Waals surface area contributed by atoms with Crippen molar-refractivity contribution in [1.29, 1.82) is 0 Å². The lowest BCUT2D eigenvalue weighted by atomic mass is 9.92. The van der Waals surface area contributed by atoms with Crippen LogP contribution in [0, 0.1) is 18.8 Å². The molecule has 0 aromatic heterocycles. The molecule has 1 aromatic carbocycles. The Morgan fingerprint density at radius 2 is 1.96 bits per heavy atom. The summed E-state index contributed by atoms with van der Waals surface area (Å²) in [5, 5.41) is 3.15. The van der Waals surface area contributed by atoms with Crippen molar-refractivity contribution in [1.82, 2.24) is 4.90 Å². The third-order valence-corrected chi connectivity index (χ3v) is 4.40. The van der Waals surface area contributed by atoms with Crippen LogP contribution in [0.5, 0.6) is 0 Å². The Morgan fingerprint density at radius 1 is 1.25 bits per heavy atom. The summed E-state index contributed by atoms with van der Waals surface area (Å²) in [5.74, 6) is 2.19. The zero-order valence-corrected chi connectivity index (χ0v) is 17.6. The van der Waals surface area contributed by atoms with E-state index in [-0.39, 0.29) is 24.0 Å². The number of anilines is 1. The zero-order valence-electron chi connectivity index (χ0n) is 15.3. The first-order valence-electron chi connectivity index (χ1n) is 8.89. The summed E-state index contributed by atoms with van der Waals surface area (Å²) in [6.45, 7) is 11.3. The van der Waals surface area contributed by atoms with Crippen LogP contribution in [0.3, 0.4) is 0 Å². The Balaban J connectivity index is 0.00000288. The molecule has 3 N–H and O–H groups in total. The molecule has 5 heteroatoms. The maximum atomic E-state index is 5.95. The number of unbranched alkanes of at least 4 members (excludes halogenated alkanes) is 1. The van der Waals surface area contributed by atoms with E-state index in [2.05, 4.69) is 48.1 Å². The summed E-state index contributed by atoms with van der Waals surface area (Å²) in [6.07, 6.45) is 3.66. The molecule has 1 aliphatic rings. The SMILES string of the molecule is Cc1cccc(NC(N)=NCCCCN2CC(C)CC(C)C2)c1.I. The number of aliphatic imine (C=N–C) groups is 1. The zero-order chi connectivity index (χ0) is 16.7. The van der Waals surface area contributed by atoms with Gasteiger partial charge in [0.25, 0.3) is 0 Å². The number of nitrogens with two attached hydrogens (primary N) is 1. The predicted molar refractivity (Wildman–Crippen MR) is 115 cm³/mol. The normalized spacial score (nSPS) is 22.0. The molecule has 1 aliphatic heterocycles. The molecule has 0 saturated carbocycles. The minimum Gasteiger partial charge on any atom is -0.370 e. The van der Waals surface area contributed by atoms with E-state index >= 15 is 0 Å². The molecule has 2 unspecified atom stereocenters. The van der Waals surface area contributed by atoms with Gasteiger partial charge in [-0.05, 0) is 62.3 Å². The van der Waals surface area contributed by atoms with E-state index in [9.17, 15) is 0 Å². The Morgan fingerprint density at radius 3 is 2.62 bits per heavy atom. The summed E-state index contributed by atoms with van der Waals surface area (Å²) in [7, 11) is 0. The Labute approximate surface area is 164 Å². The molecule has 4 nitrogen and oxygen atoms in total. The fourth-order valence-corrected chi connectivity index (χ4v) is 3.53. The van der Waals surface area contributed by atoms with Gasteiger partial charge in [-0.25, -0.2) is 0 Å². The van der Waals surface area contributed by atoms with Crippen LogP contribution in [-0.4, -0.2) is 37.0 Å². The number of guanidine groups is 1. The Bertz CT molecular complexity index is 508. The largest absolute Gasteiger partial charge is 0.370 e. The van der Waals surface area contributed by atoms with Gasteiger partial charge in [-0.3, -0.25) is 4.99 Å². The van der Waals surface area contributed by atoms with Gasteiger partial charge in [0, 0.05) is 25.3 Å². The second-order valence-corrected chi connectivity index (χ2v) is 7.17. The molecule has 2 rings (SSSR count). The standard InChI is InChI=1S/C19H32N4.HI/c1-15-7-6-8-18(12-15)22-19(20)21-9-4-5-10-23-13-16(2)11-17(3)14-23;/h6-8,12,16-17H,4-5,9-11,13-14H2,1-3H3,(H3,20,21,22);1H. The fourth-order valence-electron chi connectivity index (χ4n) is 3.53. The molecule has 24 heavy (non-hydrogen) atoms. The van der Waals surface area contributed by atoms with E-state index in [4.69, 9.17) is 5.73 Å². The average molecular weight is 444 g/mol. The predicted octanol–water partition coefficient (Wildman–Crippen LogP) is 4.10. The topological polar surface area (TPSA) is 53.6 Å². The van der Waals surface area contributed by atoms with Gasteiger partial charge in [-0.15, -0.1) is 24.0 Å². The number of aryl methyl sites for hydroxylation is 1. The molecule has 1 aromatic rings. The monoisotopic (exact) mass is 444 g/mol. The van der Waals surface area contributed by atoms with Crippen LogP contribution < -0.4 is 11.1 Å². The van der Waals surface area contributed by atoms with Gasteiger partial charge in [-0.1, -0.05) is 26.0 Å². The molecule has 1 fully saturated rings. The van der Waals surface area contributed by atoms with Crippen molar-refractivity contribution in [2.75, 3.05) is 31.5 Å². The van der Waals surface area contributed by atoms with Gasteiger partial charge < -0.3 is 16.0 Å². The van der Waals surface area contributed by atoms with Gasteiger partial charge in [0.2, 0.25) is 0 Å². The number of piperidine rings is 1. The van der Waals surface area contributed by atoms with Crippen molar-refractivity contribution in [3.8, 4) is 0 Å². The van der Waals surface area contributed by atoms with E-state index in [1.54, 1.807) is 0 Å². The highest BCUT2D eigenvalue weighted by molar-refractivity contribution is 14.0. The Hall–Kier alpha value is -0.820. The van der Waals surface area contributed by atoms with Crippen LogP contribution in [-0.2, 0) is 0 Å². The molecule has 1 saturated heterocycles. The first-order valence-corrected chi connectivity index (χ1v) is 8.89. The molecule has 0 bridgehead atoms. The number of benzene rings is 1. The third-order valence-electron chi connectivity index (χ3n) is 4.40. The van der Waals surface area contributed by atoms with Crippen LogP contribution in [0.25, 0.3) is 0 Å². The second kappa shape index (κ2) is 10.9. The first kappa shape index (κ1) is 21.2. The van der Waals surface area contributed by atoms with Crippen molar-refractivity contribution < 1.29 is 0 Å². The average Bonchev–Trinajstić information content (AvgIpc) is 2.46. The molecule has 0 spiro atoms. The summed E-state index contributed by atoms with van der Waals surface area (Å²) < 4.78 is 0. The highest BCUT2D eigenvalue weighted by atomic mass is 127. The highest BCUT2D eigenvalue weighted by Crippen LogP contribution is 2.21. The van der Waals surface area contributed by atoms with Crippen LogP contribution in [0.4, 0.5) is 5.69 Å². The van der Waals surface area contributed by atoms with E-state index in [1.165, 1.54) is 38.0 Å². The van der Waals surface area contributed by atoms with E-state index in [0.717, 1.165) is 30.5 Å². The molecular formula is C19H33IN4. The van der Waals surface area contributed by atoms with Crippen LogP contribution in [0.2, 0.25) is 0 Å². The number of nitrogens with zero attached hydrogens (tertiary/aromatic N) is 2. The van der Waals surface area contributed by atoms with Crippen molar-refractivity contribution >= 4 is 35.6 Å². The van der Waals surface area contributed by atoms with Gasteiger partial charge in [0.05, 0.1) is 0 Å². The number of hydrogen-bond donors (Lipinski definition) is 2. The number of nitrogens with one attached hydrogen (secondary N) is 1. The lowest BCUT2D eigenvalue weighted by Crippen LogP contribution is -2.39. The smallest absolute Gasteiger partial charge is 0.193 e. The quantitative estimate of drug-likeness (QED) is 0.301. The summed E-state index contributed by atoms with van der Waals surface area (Å²) >= 11 is 0. The minimum atomic E-state index is 0. The van der Waals surface area contributed by atoms with Gasteiger partial charge in [0.1, 0.15) is 0 Å². The van der Waals surface area contributed by atoms with Crippen molar-refractivity contribution in [2.45, 2.75) is 40.0 Å². The summed E-state index contributed by atoms with van der Waals surface area (Å²) in [6, 6.07) is 8.17. The minimum absolute atomic E-state index is 0. The highest BCUT2D eigenvalue weighted by Gasteiger charge is 2.20. The number of halogens is 1. The molecule has 136 valence electrons. The van der Waals surface area contributed by atoms with E-state index < -0.39 is 0 Å². The lowest BCUT2D eigenvalue weighted by molar-refractivity contribution is 0.139. The third kappa shape index (κ3) is 7.83. The Kier molecular flexibility index (Phi) is 9.66. The van der Waals surface area contributed by atoms with Crippen molar-refractivity contribution in [3.63, 3.8) is 0 Å². The van der Waals surface area contributed by atoms with Crippen molar-refractivity contribution in [2.24, 2.45) is 22.6 Å². The van der Waals surface area contributed by atoms with Gasteiger partial charge in [-0.2, -0.15) is 0 Å². The molecule has 1 heterocycles. The maximum absolute atomic E-state index is 5.95. The van der Waals surface area contributed by atoms with Crippen molar-refractivity contribution in [3.05, 3.63) is 29.8 Å². The van der Waals surface area contributed by atoms with Crippen LogP contribution >= 0.6 is 24.0 Å². The van der Waals surface area contributed by atoms with Gasteiger partial charge in [0.15, 0.2) is 5.96 Å². The van der Waals surface area contributed by atoms with Gasteiger partial charge >= 0.3 is 0 Å². The molecule has 0 aliphatic carbocycles. The summed E-state index contributed by atoms with van der Waals surface area (Å²) in [4.78, 5) is 7.03. The van der Waals surface area contributed by atoms with Crippen LogP contribution in [0.1, 0.15) is 38.7 Å². The molecular weight excluding hydrogens is 411 g/mol. The van der Waals surface area contributed by atoms with E-state index in [1.807, 2.05) is 12.1 Å². The van der Waals surface area contributed by atoms with E-state index in [0.29, 0.717) is 5.96 Å². The number of hydrogen-bond acceptors (Lipinski definition) is 2. The molecule has 0 radical (unpaired) electrons. The number of rotatable bonds is 6. The molecule has 2 atom stereocenters. The lowest BCUT2D eigenvalue weighted by Gasteiger charge is -2.34. The summed E-state index contributed by atoms with van der Waals surface area (Å²) in [5.41, 5.74) is 8.16. The second-order valence-electron chi connectivity index (χ2n) is 7.17. The first-order chi connectivity index (χ1) is 11.0. The number of likely N-dealkylation sites (tertiary alicyclic amines) is 1.